The van der Waals surface area contributed by atoms with Gasteiger partial charge in [-0.25, -0.2) is 4.79 Å². The molecule has 2 rings (SSSR count). The van der Waals surface area contributed by atoms with E-state index in [1.807, 2.05) is 13.8 Å². The van der Waals surface area contributed by atoms with Crippen LogP contribution in [0.25, 0.3) is 0 Å². The van der Waals surface area contributed by atoms with Gasteiger partial charge in [-0.05, 0) is 56.2 Å². The van der Waals surface area contributed by atoms with Crippen LogP contribution in [-0.2, 0) is 6.18 Å². The van der Waals surface area contributed by atoms with Gasteiger partial charge in [0, 0.05) is 0 Å². The maximum absolute atomic E-state index is 13.2. The van der Waals surface area contributed by atoms with Gasteiger partial charge in [-0.15, -0.1) is 0 Å². The van der Waals surface area contributed by atoms with Crippen molar-refractivity contribution in [2.45, 2.75) is 57.7 Å². The molecule has 0 saturated heterocycles. The summed E-state index contributed by atoms with van der Waals surface area (Å²) < 4.78 is 45.6. The highest BCUT2D eigenvalue weighted by Gasteiger charge is 2.43. The van der Waals surface area contributed by atoms with Crippen molar-refractivity contribution in [3.8, 4) is 5.75 Å². The van der Waals surface area contributed by atoms with Crippen molar-refractivity contribution in [1.82, 2.24) is 0 Å². The maximum Gasteiger partial charge on any atom is 0.419 e. The number of hydrogen-bond donors (Lipinski definition) is 1. The van der Waals surface area contributed by atoms with Gasteiger partial charge in [-0.3, -0.25) is 0 Å². The first-order valence-electron chi connectivity index (χ1n) is 7.83. The molecule has 0 aliphatic heterocycles. The zero-order chi connectivity index (χ0) is 17.3. The van der Waals surface area contributed by atoms with Crippen molar-refractivity contribution in [2.75, 3.05) is 0 Å². The first kappa shape index (κ1) is 17.6. The second-order valence-corrected chi connectivity index (χ2v) is 6.20. The van der Waals surface area contributed by atoms with Crippen molar-refractivity contribution in [3.05, 3.63) is 29.3 Å². The molecule has 1 atom stereocenters. The average molecular weight is 330 g/mol. The number of rotatable bonds is 5. The topological polar surface area (TPSA) is 46.5 Å². The predicted molar refractivity (Wildman–Crippen MR) is 79.7 cm³/mol. The fourth-order valence-corrected chi connectivity index (χ4v) is 3.23. The van der Waals surface area contributed by atoms with E-state index < -0.39 is 23.3 Å². The molecule has 1 fully saturated rings. The van der Waals surface area contributed by atoms with Crippen molar-refractivity contribution in [2.24, 2.45) is 5.92 Å². The molecule has 1 aliphatic rings. The molecule has 1 unspecified atom stereocenters. The number of carboxylic acids is 1. The smallest absolute Gasteiger partial charge is 0.419 e. The Balaban J connectivity index is 2.47. The number of carbonyl (C=O) groups is 1. The minimum Gasteiger partial charge on any atom is -0.486 e. The first-order chi connectivity index (χ1) is 10.7. The molecule has 23 heavy (non-hydrogen) atoms. The van der Waals surface area contributed by atoms with Crippen LogP contribution < -0.4 is 4.74 Å². The SMILES string of the molecule is CCC(C)C1(Oc2cc(C(=O)O)ccc2C(F)(F)F)CCCC1. The number of halogens is 3. The molecule has 0 amide bonds. The van der Waals surface area contributed by atoms with Crippen LogP contribution in [0.3, 0.4) is 0 Å². The van der Waals surface area contributed by atoms with Gasteiger partial charge >= 0.3 is 12.1 Å². The Labute approximate surface area is 133 Å². The maximum atomic E-state index is 13.2. The monoisotopic (exact) mass is 330 g/mol. The summed E-state index contributed by atoms with van der Waals surface area (Å²) in [7, 11) is 0. The molecule has 1 aromatic rings. The van der Waals surface area contributed by atoms with E-state index in [9.17, 15) is 18.0 Å². The van der Waals surface area contributed by atoms with E-state index in [1.54, 1.807) is 0 Å². The molecule has 128 valence electrons. The van der Waals surface area contributed by atoms with Crippen LogP contribution in [0.5, 0.6) is 5.75 Å². The van der Waals surface area contributed by atoms with Crippen LogP contribution in [0, 0.1) is 5.92 Å². The molecule has 1 saturated carbocycles. The summed E-state index contributed by atoms with van der Waals surface area (Å²) in [4.78, 5) is 11.1. The molecular formula is C17H21F3O3. The molecule has 1 aromatic carbocycles. The Morgan fingerprint density at radius 1 is 1.35 bits per heavy atom. The molecule has 1 N–H and O–H groups in total. The number of benzene rings is 1. The number of ether oxygens (including phenoxy) is 1. The van der Waals surface area contributed by atoms with E-state index in [0.717, 1.165) is 37.5 Å². The standard InChI is InChI=1S/C17H21F3O3/c1-3-11(2)16(8-4-5-9-16)23-14-10-12(15(21)22)6-7-13(14)17(18,19)20/h6-7,10-11H,3-5,8-9H2,1-2H3,(H,21,22). The molecular weight excluding hydrogens is 309 g/mol. The Morgan fingerprint density at radius 3 is 2.43 bits per heavy atom. The number of aromatic carboxylic acids is 1. The molecule has 1 aliphatic carbocycles. The molecule has 3 nitrogen and oxygen atoms in total. The third-order valence-corrected chi connectivity index (χ3v) is 4.81. The van der Waals surface area contributed by atoms with Gasteiger partial charge in [0.25, 0.3) is 0 Å². The van der Waals surface area contributed by atoms with Gasteiger partial charge in [0.15, 0.2) is 0 Å². The largest absolute Gasteiger partial charge is 0.486 e. The van der Waals surface area contributed by atoms with E-state index in [0.29, 0.717) is 12.8 Å². The van der Waals surface area contributed by atoms with Crippen molar-refractivity contribution in [1.29, 1.82) is 0 Å². The average Bonchev–Trinajstić information content (AvgIpc) is 2.94. The fraction of sp³-hybridized carbons (Fsp3) is 0.588. The lowest BCUT2D eigenvalue weighted by Gasteiger charge is -2.36. The minimum absolute atomic E-state index is 0.0968. The van der Waals surface area contributed by atoms with Crippen LogP contribution in [-0.4, -0.2) is 16.7 Å². The second kappa shape index (κ2) is 6.42. The van der Waals surface area contributed by atoms with E-state index in [4.69, 9.17) is 9.84 Å². The van der Waals surface area contributed by atoms with Crippen LogP contribution in [0.15, 0.2) is 18.2 Å². The van der Waals surface area contributed by atoms with Gasteiger partial charge in [0.05, 0.1) is 11.1 Å². The predicted octanol–water partition coefficient (Wildman–Crippen LogP) is 5.14. The van der Waals surface area contributed by atoms with Gasteiger partial charge in [0.1, 0.15) is 11.4 Å². The lowest BCUT2D eigenvalue weighted by molar-refractivity contribution is -0.140. The summed E-state index contributed by atoms with van der Waals surface area (Å²) in [5.41, 5.74) is -1.77. The van der Waals surface area contributed by atoms with Gasteiger partial charge in [0.2, 0.25) is 0 Å². The first-order valence-corrected chi connectivity index (χ1v) is 7.83. The minimum atomic E-state index is -4.58. The lowest BCUT2D eigenvalue weighted by atomic mass is 9.85. The van der Waals surface area contributed by atoms with Crippen molar-refractivity contribution in [3.63, 3.8) is 0 Å². The zero-order valence-electron chi connectivity index (χ0n) is 13.2. The number of hydrogen-bond acceptors (Lipinski definition) is 2. The Bertz CT molecular complexity index is 575. The normalized spacial score (nSPS) is 18.7. The Hall–Kier alpha value is -1.72. The summed E-state index contributed by atoms with van der Waals surface area (Å²) >= 11 is 0. The van der Waals surface area contributed by atoms with E-state index in [1.165, 1.54) is 0 Å². The summed E-state index contributed by atoms with van der Waals surface area (Å²) in [5, 5.41) is 9.05. The van der Waals surface area contributed by atoms with Crippen LogP contribution in [0.4, 0.5) is 13.2 Å². The van der Waals surface area contributed by atoms with Gasteiger partial charge < -0.3 is 9.84 Å². The van der Waals surface area contributed by atoms with E-state index >= 15 is 0 Å². The fourth-order valence-electron chi connectivity index (χ4n) is 3.23. The highest BCUT2D eigenvalue weighted by atomic mass is 19.4. The van der Waals surface area contributed by atoms with Crippen LogP contribution in [0.1, 0.15) is 61.9 Å². The van der Waals surface area contributed by atoms with E-state index in [-0.39, 0.29) is 17.2 Å². The van der Waals surface area contributed by atoms with Crippen LogP contribution >= 0.6 is 0 Å². The zero-order valence-corrected chi connectivity index (χ0v) is 13.2. The second-order valence-electron chi connectivity index (χ2n) is 6.20. The van der Waals surface area contributed by atoms with Crippen LogP contribution in [0.2, 0.25) is 0 Å². The molecule has 0 spiro atoms. The van der Waals surface area contributed by atoms with Gasteiger partial charge in [-0.1, -0.05) is 13.8 Å². The number of carboxylic acid groups (broad SMARTS) is 1. The molecule has 0 heterocycles. The van der Waals surface area contributed by atoms with Crippen molar-refractivity contribution < 1.29 is 27.8 Å². The van der Waals surface area contributed by atoms with Gasteiger partial charge in [-0.2, -0.15) is 13.2 Å². The summed E-state index contributed by atoms with van der Waals surface area (Å²) in [6.07, 6.45) is -0.594. The third-order valence-electron chi connectivity index (χ3n) is 4.81. The third kappa shape index (κ3) is 3.62. The summed E-state index contributed by atoms with van der Waals surface area (Å²) in [5.74, 6) is -1.55. The lowest BCUT2D eigenvalue weighted by Crippen LogP contribution is -2.40. The molecule has 0 bridgehead atoms. The molecule has 0 aromatic heterocycles. The molecule has 0 radical (unpaired) electrons. The quantitative estimate of drug-likeness (QED) is 0.813. The molecule has 6 heteroatoms. The highest BCUT2D eigenvalue weighted by molar-refractivity contribution is 5.88. The summed E-state index contributed by atoms with van der Waals surface area (Å²) in [6.45, 7) is 3.95. The highest BCUT2D eigenvalue weighted by Crippen LogP contribution is 2.45. The Kier molecular flexibility index (Phi) is 4.92. The Morgan fingerprint density at radius 2 is 1.96 bits per heavy atom. The van der Waals surface area contributed by atoms with E-state index in [2.05, 4.69) is 0 Å². The summed E-state index contributed by atoms with van der Waals surface area (Å²) in [6, 6.07) is 2.74. The number of alkyl halides is 3. The van der Waals surface area contributed by atoms with Crippen molar-refractivity contribution >= 4 is 5.97 Å².